The molecule has 4 nitrogen and oxygen atoms in total. The van der Waals surface area contributed by atoms with Gasteiger partial charge >= 0.3 is 0 Å². The molecule has 0 radical (unpaired) electrons. The summed E-state index contributed by atoms with van der Waals surface area (Å²) in [5, 5.41) is 0. The van der Waals surface area contributed by atoms with Crippen molar-refractivity contribution in [2.24, 2.45) is 11.3 Å². The lowest BCUT2D eigenvalue weighted by Gasteiger charge is -2.29. The molecule has 0 aliphatic carbocycles. The van der Waals surface area contributed by atoms with Gasteiger partial charge in [-0.3, -0.25) is 9.78 Å². The van der Waals surface area contributed by atoms with Crippen LogP contribution in [0.25, 0.3) is 0 Å². The molecule has 1 amide bonds. The molecule has 1 aromatic heterocycles. The van der Waals surface area contributed by atoms with Crippen molar-refractivity contribution < 1.29 is 4.79 Å². The molecule has 2 rings (SSSR count). The van der Waals surface area contributed by atoms with Gasteiger partial charge in [0.2, 0.25) is 5.91 Å². The van der Waals surface area contributed by atoms with Gasteiger partial charge in [-0.05, 0) is 36.3 Å². The van der Waals surface area contributed by atoms with Gasteiger partial charge in [0.15, 0.2) is 0 Å². The van der Waals surface area contributed by atoms with E-state index >= 15 is 0 Å². The fraction of sp³-hybridized carbons (Fsp3) is 0.625. The molecule has 2 heterocycles. The van der Waals surface area contributed by atoms with E-state index in [1.165, 1.54) is 0 Å². The number of amides is 1. The molecule has 2 N–H and O–H groups in total. The van der Waals surface area contributed by atoms with E-state index in [1.54, 1.807) is 12.3 Å². The Hall–Kier alpha value is -1.58. The van der Waals surface area contributed by atoms with Crippen molar-refractivity contribution >= 4 is 11.6 Å². The smallest absolute Gasteiger partial charge is 0.222 e. The number of likely N-dealkylation sites (tertiary alicyclic amines) is 1. The van der Waals surface area contributed by atoms with Gasteiger partial charge in [0.1, 0.15) is 0 Å². The maximum atomic E-state index is 12.2. The third-order valence-corrected chi connectivity index (χ3v) is 4.23. The number of carbonyl (C=O) groups is 1. The van der Waals surface area contributed by atoms with Crippen molar-refractivity contribution in [3.05, 3.63) is 24.0 Å². The summed E-state index contributed by atoms with van der Waals surface area (Å²) in [5.74, 6) is 0.839. The number of pyridine rings is 1. The summed E-state index contributed by atoms with van der Waals surface area (Å²) in [5.41, 5.74) is 7.60. The molecular formula is C16H25N3O. The lowest BCUT2D eigenvalue weighted by Crippen LogP contribution is -2.30. The van der Waals surface area contributed by atoms with E-state index in [9.17, 15) is 4.79 Å². The van der Waals surface area contributed by atoms with E-state index in [1.807, 2.05) is 11.0 Å². The number of aromatic nitrogens is 1. The Labute approximate surface area is 121 Å². The van der Waals surface area contributed by atoms with Gasteiger partial charge in [-0.15, -0.1) is 0 Å². The highest BCUT2D eigenvalue weighted by molar-refractivity contribution is 5.76. The molecule has 1 fully saturated rings. The van der Waals surface area contributed by atoms with Crippen LogP contribution in [-0.2, 0) is 11.3 Å². The minimum atomic E-state index is 0.237. The van der Waals surface area contributed by atoms with Gasteiger partial charge in [0.25, 0.3) is 0 Å². The summed E-state index contributed by atoms with van der Waals surface area (Å²) < 4.78 is 0. The average Bonchev–Trinajstić information content (AvgIpc) is 2.52. The van der Waals surface area contributed by atoms with Crippen LogP contribution in [0.15, 0.2) is 18.3 Å². The summed E-state index contributed by atoms with van der Waals surface area (Å²) in [7, 11) is 0. The first-order chi connectivity index (χ1) is 9.36. The Morgan fingerprint density at radius 1 is 1.40 bits per heavy atom. The van der Waals surface area contributed by atoms with E-state index in [0.717, 1.165) is 25.1 Å². The highest BCUT2D eigenvalue weighted by Gasteiger charge is 2.29. The number of carbonyl (C=O) groups excluding carboxylic acids is 1. The lowest BCUT2D eigenvalue weighted by molar-refractivity contribution is -0.131. The van der Waals surface area contributed by atoms with Crippen LogP contribution < -0.4 is 5.73 Å². The number of rotatable bonds is 2. The maximum absolute atomic E-state index is 12.2. The quantitative estimate of drug-likeness (QED) is 0.903. The Morgan fingerprint density at radius 3 is 2.80 bits per heavy atom. The first kappa shape index (κ1) is 14.8. The standard InChI is InChI=1S/C16H25N3O/c1-16(2,3)12-4-5-15(20)19(9-7-12)11-14-10-13(17)6-8-18-14/h6,8,10,12H,4-5,7,9,11H2,1-3H3,(H2,17,18). The summed E-state index contributed by atoms with van der Waals surface area (Å²) in [4.78, 5) is 18.5. The number of nitrogens with two attached hydrogens (primary N) is 1. The SMILES string of the molecule is CC(C)(C)C1CCC(=O)N(Cc2cc(N)ccn2)CC1. The number of nitrogens with zero attached hydrogens (tertiary/aromatic N) is 2. The molecule has 110 valence electrons. The van der Waals surface area contributed by atoms with Crippen LogP contribution in [0.3, 0.4) is 0 Å². The molecule has 1 aromatic rings. The van der Waals surface area contributed by atoms with Crippen molar-refractivity contribution in [1.29, 1.82) is 0 Å². The van der Waals surface area contributed by atoms with Crippen molar-refractivity contribution in [1.82, 2.24) is 9.88 Å². The Balaban J connectivity index is 2.04. The topological polar surface area (TPSA) is 59.2 Å². The van der Waals surface area contributed by atoms with Crippen molar-refractivity contribution in [3.8, 4) is 0 Å². The Kier molecular flexibility index (Phi) is 4.31. The maximum Gasteiger partial charge on any atom is 0.222 e. The van der Waals surface area contributed by atoms with Crippen LogP contribution in [0.2, 0.25) is 0 Å². The zero-order valence-corrected chi connectivity index (χ0v) is 12.7. The fourth-order valence-electron chi connectivity index (χ4n) is 2.85. The van der Waals surface area contributed by atoms with E-state index in [4.69, 9.17) is 5.73 Å². The zero-order chi connectivity index (χ0) is 14.8. The van der Waals surface area contributed by atoms with Crippen LogP contribution in [-0.4, -0.2) is 22.3 Å². The fourth-order valence-corrected chi connectivity index (χ4v) is 2.85. The van der Waals surface area contributed by atoms with Crippen molar-refractivity contribution in [2.75, 3.05) is 12.3 Å². The summed E-state index contributed by atoms with van der Waals surface area (Å²) in [6, 6.07) is 3.61. The Morgan fingerprint density at radius 2 is 2.15 bits per heavy atom. The second kappa shape index (κ2) is 5.81. The minimum Gasteiger partial charge on any atom is -0.399 e. The first-order valence-electron chi connectivity index (χ1n) is 7.34. The van der Waals surface area contributed by atoms with Gasteiger partial charge in [-0.1, -0.05) is 20.8 Å². The summed E-state index contributed by atoms with van der Waals surface area (Å²) >= 11 is 0. The molecule has 0 saturated carbocycles. The van der Waals surface area contributed by atoms with Gasteiger partial charge < -0.3 is 10.6 Å². The third-order valence-electron chi connectivity index (χ3n) is 4.23. The molecule has 0 spiro atoms. The van der Waals surface area contributed by atoms with Crippen molar-refractivity contribution in [3.63, 3.8) is 0 Å². The molecule has 4 heteroatoms. The van der Waals surface area contributed by atoms with Crippen LogP contribution in [0.4, 0.5) is 5.69 Å². The van der Waals surface area contributed by atoms with Gasteiger partial charge in [-0.25, -0.2) is 0 Å². The average molecular weight is 275 g/mol. The number of nitrogen functional groups attached to an aromatic ring is 1. The highest BCUT2D eigenvalue weighted by atomic mass is 16.2. The molecule has 1 saturated heterocycles. The third kappa shape index (κ3) is 3.71. The van der Waals surface area contributed by atoms with E-state index in [-0.39, 0.29) is 11.3 Å². The van der Waals surface area contributed by atoms with Crippen LogP contribution in [0.5, 0.6) is 0 Å². The molecule has 20 heavy (non-hydrogen) atoms. The number of hydrogen-bond donors (Lipinski definition) is 1. The molecule has 1 unspecified atom stereocenters. The predicted molar refractivity (Wildman–Crippen MR) is 80.9 cm³/mol. The van der Waals surface area contributed by atoms with Gasteiger partial charge in [0, 0.05) is 24.8 Å². The normalized spacial score (nSPS) is 20.9. The van der Waals surface area contributed by atoms with E-state index < -0.39 is 0 Å². The molecule has 1 aliphatic rings. The molecule has 1 aliphatic heterocycles. The van der Waals surface area contributed by atoms with Crippen molar-refractivity contribution in [2.45, 2.75) is 46.6 Å². The lowest BCUT2D eigenvalue weighted by atomic mass is 9.77. The number of hydrogen-bond acceptors (Lipinski definition) is 3. The van der Waals surface area contributed by atoms with E-state index in [2.05, 4.69) is 25.8 Å². The van der Waals surface area contributed by atoms with Gasteiger partial charge in [-0.2, -0.15) is 0 Å². The second-order valence-electron chi connectivity index (χ2n) is 6.79. The van der Waals surface area contributed by atoms with Crippen LogP contribution in [0.1, 0.15) is 45.7 Å². The van der Waals surface area contributed by atoms with E-state index in [0.29, 0.717) is 24.6 Å². The first-order valence-corrected chi connectivity index (χ1v) is 7.34. The number of anilines is 1. The predicted octanol–water partition coefficient (Wildman–Crippen LogP) is 2.84. The van der Waals surface area contributed by atoms with Crippen LogP contribution in [0, 0.1) is 11.3 Å². The summed E-state index contributed by atoms with van der Waals surface area (Å²) in [6.45, 7) is 8.17. The monoisotopic (exact) mass is 275 g/mol. The molecular weight excluding hydrogens is 250 g/mol. The largest absolute Gasteiger partial charge is 0.399 e. The minimum absolute atomic E-state index is 0.237. The second-order valence-corrected chi connectivity index (χ2v) is 6.79. The molecule has 0 bridgehead atoms. The summed E-state index contributed by atoms with van der Waals surface area (Å²) in [6.07, 6.45) is 4.40. The Bertz CT molecular complexity index is 479. The zero-order valence-electron chi connectivity index (χ0n) is 12.7. The van der Waals surface area contributed by atoms with Crippen LogP contribution >= 0.6 is 0 Å². The van der Waals surface area contributed by atoms with Gasteiger partial charge in [0.05, 0.1) is 12.2 Å². The molecule has 1 atom stereocenters. The molecule has 0 aromatic carbocycles. The highest BCUT2D eigenvalue weighted by Crippen LogP contribution is 2.34.